The van der Waals surface area contributed by atoms with Crippen LogP contribution in [-0.2, 0) is 0 Å². The maximum absolute atomic E-state index is 5.65. The summed E-state index contributed by atoms with van der Waals surface area (Å²) in [6, 6.07) is 114. The number of hydrogen-bond acceptors (Lipinski definition) is 5. The molecule has 0 aliphatic carbocycles. The molecule has 0 saturated carbocycles. The van der Waals surface area contributed by atoms with Crippen LogP contribution in [0.15, 0.2) is 322 Å². The van der Waals surface area contributed by atoms with Gasteiger partial charge < -0.3 is 0 Å². The number of hydrogen-bond donors (Lipinski definition) is 0. The van der Waals surface area contributed by atoms with E-state index in [0.29, 0.717) is 23.2 Å². The fourth-order valence-corrected chi connectivity index (χ4v) is 22.0. The number of pyridine rings is 2. The molecular weight excluding hydrogens is 1030 g/mol. The minimum Gasteiger partial charge on any atom is -0.254 e. The first kappa shape index (κ1) is 49.9. The number of rotatable bonds is 13. The average Bonchev–Trinajstić information content (AvgIpc) is 3.74. The van der Waals surface area contributed by atoms with E-state index in [9.17, 15) is 0 Å². The van der Waals surface area contributed by atoms with Crippen LogP contribution < -0.4 is 41.5 Å². The van der Waals surface area contributed by atoms with E-state index >= 15 is 0 Å². The molecule has 0 aliphatic heterocycles. The molecule has 7 heteroatoms. The summed E-state index contributed by atoms with van der Waals surface area (Å²) in [6.45, 7) is 0. The maximum atomic E-state index is 5.65. The highest BCUT2D eigenvalue weighted by Crippen LogP contribution is 2.38. The lowest BCUT2D eigenvalue weighted by atomic mass is 9.95. The highest BCUT2D eigenvalue weighted by atomic mass is 28.3. The quantitative estimate of drug-likeness (QED) is 0.0654. The zero-order chi connectivity index (χ0) is 54.7. The van der Waals surface area contributed by atoms with Crippen molar-refractivity contribution in [2.75, 3.05) is 0 Å². The second kappa shape index (κ2) is 21.7. The van der Waals surface area contributed by atoms with Crippen LogP contribution in [0.5, 0.6) is 0 Å². The Hall–Kier alpha value is -10.3. The minimum absolute atomic E-state index is 0.471. The van der Waals surface area contributed by atoms with Crippen LogP contribution in [0.4, 0.5) is 0 Å². The van der Waals surface area contributed by atoms with Crippen molar-refractivity contribution in [1.29, 1.82) is 0 Å². The second-order valence-electron chi connectivity index (χ2n) is 20.7. The third-order valence-corrected chi connectivity index (χ3v) is 25.6. The Morgan fingerprint density at radius 3 is 0.927 bits per heavy atom. The van der Waals surface area contributed by atoms with Gasteiger partial charge in [0.2, 0.25) is 0 Å². The van der Waals surface area contributed by atoms with Gasteiger partial charge in [0.1, 0.15) is 5.69 Å². The Balaban J connectivity index is 1.03. The SMILES string of the molecule is c1ccc(-c2nc(-c3ccccc3)nc(-c3cc(-c4cccc([Si](c5ccccc5)(c5ccccc5)c5ccccc5)c4)c4ccc5c(-c6cccc([Si](c7ccccc7)(c7ccccc7)c7ccccc7)c6)ccnc5c4n3)n2)cc1. The van der Waals surface area contributed by atoms with Crippen molar-refractivity contribution in [2.45, 2.75) is 0 Å². The van der Waals surface area contributed by atoms with Crippen LogP contribution >= 0.6 is 0 Å². The Morgan fingerprint density at radius 2 is 0.537 bits per heavy atom. The lowest BCUT2D eigenvalue weighted by Gasteiger charge is -2.34. The van der Waals surface area contributed by atoms with E-state index < -0.39 is 16.1 Å². The van der Waals surface area contributed by atoms with E-state index in [1.54, 1.807) is 0 Å². The van der Waals surface area contributed by atoms with Gasteiger partial charge >= 0.3 is 0 Å². The molecule has 0 spiro atoms. The van der Waals surface area contributed by atoms with E-state index in [4.69, 9.17) is 24.9 Å². The Morgan fingerprint density at radius 1 is 0.220 bits per heavy atom. The fourth-order valence-electron chi connectivity index (χ4n) is 12.4. The first-order valence-electron chi connectivity index (χ1n) is 27.8. The highest BCUT2D eigenvalue weighted by Gasteiger charge is 2.43. The molecule has 0 fully saturated rings. The van der Waals surface area contributed by atoms with Crippen molar-refractivity contribution >= 4 is 79.4 Å². The van der Waals surface area contributed by atoms with Crippen LogP contribution in [0.25, 0.3) is 78.4 Å². The predicted molar refractivity (Wildman–Crippen MR) is 345 cm³/mol. The van der Waals surface area contributed by atoms with Crippen LogP contribution in [-0.4, -0.2) is 41.1 Å². The van der Waals surface area contributed by atoms with Crippen molar-refractivity contribution in [3.8, 4) is 56.5 Å². The molecule has 3 heterocycles. The van der Waals surface area contributed by atoms with Crippen molar-refractivity contribution in [1.82, 2.24) is 24.9 Å². The van der Waals surface area contributed by atoms with Crippen molar-refractivity contribution in [3.63, 3.8) is 0 Å². The summed E-state index contributed by atoms with van der Waals surface area (Å²) in [5.74, 6) is 1.61. The molecule has 0 unspecified atom stereocenters. The predicted octanol–water partition coefficient (Wildman–Crippen LogP) is 12.1. The van der Waals surface area contributed by atoms with Gasteiger partial charge in [0, 0.05) is 28.1 Å². The first-order chi connectivity index (χ1) is 40.7. The normalized spacial score (nSPS) is 11.7. The van der Waals surface area contributed by atoms with Crippen molar-refractivity contribution in [3.05, 3.63) is 322 Å². The third-order valence-electron chi connectivity index (χ3n) is 16.1. The first-order valence-corrected chi connectivity index (χ1v) is 31.8. The molecule has 14 rings (SSSR count). The number of aromatic nitrogens is 5. The van der Waals surface area contributed by atoms with E-state index in [2.05, 4.69) is 255 Å². The topological polar surface area (TPSA) is 64.5 Å². The van der Waals surface area contributed by atoms with Crippen LogP contribution in [0.1, 0.15) is 0 Å². The zero-order valence-corrected chi connectivity index (χ0v) is 46.8. The summed E-state index contributed by atoms with van der Waals surface area (Å²) < 4.78 is 0. The largest absolute Gasteiger partial charge is 0.254 e. The summed E-state index contributed by atoms with van der Waals surface area (Å²) >= 11 is 0. The van der Waals surface area contributed by atoms with E-state index in [1.807, 2.05) is 66.9 Å². The van der Waals surface area contributed by atoms with Gasteiger partial charge in [-0.3, -0.25) is 4.98 Å². The second-order valence-corrected chi connectivity index (χ2v) is 28.3. The monoisotopic (exact) mass is 1080 g/mol. The molecule has 386 valence electrons. The van der Waals surface area contributed by atoms with E-state index in [0.717, 1.165) is 55.2 Å². The summed E-state index contributed by atoms with van der Waals surface area (Å²) in [4.78, 5) is 26.6. The Labute approximate surface area is 479 Å². The summed E-state index contributed by atoms with van der Waals surface area (Å²) in [5, 5.41) is 12.4. The molecule has 0 bridgehead atoms. The smallest absolute Gasteiger partial charge is 0.182 e. The van der Waals surface area contributed by atoms with Gasteiger partial charge in [0.15, 0.2) is 33.6 Å². The van der Waals surface area contributed by atoms with Crippen molar-refractivity contribution < 1.29 is 0 Å². The maximum Gasteiger partial charge on any atom is 0.182 e. The molecule has 0 atom stereocenters. The van der Waals surface area contributed by atoms with Gasteiger partial charge in [-0.25, -0.2) is 19.9 Å². The summed E-state index contributed by atoms with van der Waals surface area (Å²) in [7, 11) is -5.78. The number of nitrogens with zero attached hydrogens (tertiary/aromatic N) is 5. The van der Waals surface area contributed by atoms with Gasteiger partial charge in [-0.1, -0.05) is 303 Å². The molecular formula is C75H53N5Si2. The van der Waals surface area contributed by atoms with Gasteiger partial charge in [0.05, 0.1) is 11.0 Å². The average molecular weight is 1080 g/mol. The lowest BCUT2D eigenvalue weighted by molar-refractivity contribution is 1.06. The molecule has 14 aromatic rings. The van der Waals surface area contributed by atoms with Crippen LogP contribution in [0, 0.1) is 0 Å². The Bertz CT molecular complexity index is 4290. The molecule has 0 saturated heterocycles. The summed E-state index contributed by atoms with van der Waals surface area (Å²) in [5.41, 5.74) is 8.18. The fraction of sp³-hybridized carbons (Fsp3) is 0. The molecule has 0 amide bonds. The lowest BCUT2D eigenvalue weighted by Crippen LogP contribution is -2.74. The minimum atomic E-state index is -2.93. The number of benzene rings is 11. The molecule has 3 aromatic heterocycles. The van der Waals surface area contributed by atoms with Gasteiger partial charge in [-0.15, -0.1) is 0 Å². The van der Waals surface area contributed by atoms with E-state index in [-0.39, 0.29) is 0 Å². The number of fused-ring (bicyclic) bond motifs is 3. The van der Waals surface area contributed by atoms with Gasteiger partial charge in [-0.05, 0) is 75.9 Å². The third kappa shape index (κ3) is 8.85. The van der Waals surface area contributed by atoms with Gasteiger partial charge in [-0.2, -0.15) is 0 Å². The Kier molecular flexibility index (Phi) is 13.2. The molecule has 82 heavy (non-hydrogen) atoms. The summed E-state index contributed by atoms with van der Waals surface area (Å²) in [6.07, 6.45) is 1.94. The van der Waals surface area contributed by atoms with Crippen LogP contribution in [0.2, 0.25) is 0 Å². The van der Waals surface area contributed by atoms with Crippen LogP contribution in [0.3, 0.4) is 0 Å². The molecule has 0 aliphatic rings. The highest BCUT2D eigenvalue weighted by molar-refractivity contribution is 7.20. The molecule has 11 aromatic carbocycles. The molecule has 0 N–H and O–H groups in total. The zero-order valence-electron chi connectivity index (χ0n) is 44.8. The van der Waals surface area contributed by atoms with Gasteiger partial charge in [0.25, 0.3) is 0 Å². The standard InChI is InChI=1S/C75H53N5Si2/c1-9-27-54(28-10-1)73-78-74(55-29-11-2-12-30-55)80-75(79-73)70-53-69(57-32-26-46-65(52-57)82(61-39-19-6-20-40-61,62-41-21-7-22-42-62)63-43-23-8-24-44-63)68-48-47-67-66(49-50-76-71(67)72(68)77-70)56-31-25-45-64(51-56)81(58-33-13-3-14-34-58,59-35-15-4-16-36-59)60-37-17-5-18-38-60/h1-53H. The molecule has 0 radical (unpaired) electrons. The van der Waals surface area contributed by atoms with Crippen molar-refractivity contribution in [2.24, 2.45) is 0 Å². The molecule has 5 nitrogen and oxygen atoms in total. The van der Waals surface area contributed by atoms with E-state index in [1.165, 1.54) is 41.5 Å².